The molecule has 0 unspecified atom stereocenters. The number of rotatable bonds is 3. The summed E-state index contributed by atoms with van der Waals surface area (Å²) >= 11 is 0. The number of hydrogen-bond donors (Lipinski definition) is 1. The predicted octanol–water partition coefficient (Wildman–Crippen LogP) is 0.717. The summed E-state index contributed by atoms with van der Waals surface area (Å²) in [5, 5.41) is 0. The van der Waals surface area contributed by atoms with Gasteiger partial charge in [0.25, 0.3) is 0 Å². The van der Waals surface area contributed by atoms with Crippen molar-refractivity contribution in [3.8, 4) is 0 Å². The van der Waals surface area contributed by atoms with E-state index in [1.807, 2.05) is 0 Å². The predicted molar refractivity (Wildman–Crippen MR) is 48.1 cm³/mol. The molecule has 4 heteroatoms. The zero-order chi connectivity index (χ0) is 9.68. The van der Waals surface area contributed by atoms with Crippen LogP contribution in [0.1, 0.15) is 23.0 Å². The van der Waals surface area contributed by atoms with Crippen LogP contribution >= 0.6 is 0 Å². The minimum absolute atomic E-state index is 0.327. The average Bonchev–Trinajstić information content (AvgIpc) is 2.18. The average molecular weight is 180 g/mol. The number of nitrogens with two attached hydrogens (primary N) is 1. The summed E-state index contributed by atoms with van der Waals surface area (Å²) in [6, 6.07) is 3.25. The van der Waals surface area contributed by atoms with Gasteiger partial charge < -0.3 is 10.5 Å². The molecule has 0 aliphatic carbocycles. The zero-order valence-corrected chi connectivity index (χ0v) is 7.49. The Morgan fingerprint density at radius 3 is 3.08 bits per heavy atom. The molecular formula is C9H12N2O2. The summed E-state index contributed by atoms with van der Waals surface area (Å²) in [4.78, 5) is 15.2. The Labute approximate surface area is 76.7 Å². The largest absolute Gasteiger partial charge is 0.462 e. The molecule has 1 rings (SSSR count). The van der Waals surface area contributed by atoms with Gasteiger partial charge in [-0.1, -0.05) is 0 Å². The van der Waals surface area contributed by atoms with Gasteiger partial charge in [0.15, 0.2) is 0 Å². The Bertz CT molecular complexity index is 299. The number of carbonyl (C=O) groups excluding carboxylic acids is 1. The first-order valence-electron chi connectivity index (χ1n) is 4.10. The molecule has 1 aromatic heterocycles. The van der Waals surface area contributed by atoms with E-state index in [-0.39, 0.29) is 5.97 Å². The monoisotopic (exact) mass is 180 g/mol. The lowest BCUT2D eigenvalue weighted by molar-refractivity contribution is 0.0526. The first kappa shape index (κ1) is 9.67. The molecule has 1 heterocycles. The van der Waals surface area contributed by atoms with Crippen LogP contribution in [0.5, 0.6) is 0 Å². The number of esters is 1. The van der Waals surface area contributed by atoms with Crippen LogP contribution in [-0.2, 0) is 11.3 Å². The number of ether oxygens (including phenoxy) is 1. The molecule has 0 fully saturated rings. The van der Waals surface area contributed by atoms with Crippen LogP contribution in [0.25, 0.3) is 0 Å². The van der Waals surface area contributed by atoms with Crippen LogP contribution in [0.3, 0.4) is 0 Å². The molecule has 0 atom stereocenters. The second kappa shape index (κ2) is 4.57. The fourth-order valence-corrected chi connectivity index (χ4v) is 0.931. The molecule has 0 aromatic carbocycles. The fourth-order valence-electron chi connectivity index (χ4n) is 0.931. The molecule has 2 N–H and O–H groups in total. The van der Waals surface area contributed by atoms with Gasteiger partial charge in [-0.25, -0.2) is 4.79 Å². The summed E-state index contributed by atoms with van der Waals surface area (Å²) < 4.78 is 4.82. The van der Waals surface area contributed by atoms with Gasteiger partial charge in [-0.05, 0) is 19.1 Å². The van der Waals surface area contributed by atoms with Gasteiger partial charge in [0.05, 0.1) is 17.9 Å². The van der Waals surface area contributed by atoms with E-state index in [4.69, 9.17) is 10.5 Å². The van der Waals surface area contributed by atoms with Gasteiger partial charge in [-0.2, -0.15) is 0 Å². The molecule has 4 nitrogen and oxygen atoms in total. The SMILES string of the molecule is CCOC(=O)c1ccnc(CN)c1. The van der Waals surface area contributed by atoms with Crippen LogP contribution in [-0.4, -0.2) is 17.6 Å². The maximum Gasteiger partial charge on any atom is 0.338 e. The van der Waals surface area contributed by atoms with Crippen molar-refractivity contribution in [3.63, 3.8) is 0 Å². The van der Waals surface area contributed by atoms with Gasteiger partial charge >= 0.3 is 5.97 Å². The third-order valence-corrected chi connectivity index (χ3v) is 1.54. The van der Waals surface area contributed by atoms with Gasteiger partial charge in [0.2, 0.25) is 0 Å². The third kappa shape index (κ3) is 2.52. The van der Waals surface area contributed by atoms with Gasteiger partial charge in [0, 0.05) is 12.7 Å². The molecule has 0 amide bonds. The summed E-state index contributed by atoms with van der Waals surface area (Å²) in [6.07, 6.45) is 1.55. The smallest absolute Gasteiger partial charge is 0.338 e. The minimum atomic E-state index is -0.334. The molecule has 0 spiro atoms. The number of pyridine rings is 1. The van der Waals surface area contributed by atoms with Crippen molar-refractivity contribution in [1.82, 2.24) is 4.98 Å². The molecule has 13 heavy (non-hydrogen) atoms. The standard InChI is InChI=1S/C9H12N2O2/c1-2-13-9(12)7-3-4-11-8(5-7)6-10/h3-5H,2,6,10H2,1H3. The van der Waals surface area contributed by atoms with Crippen LogP contribution < -0.4 is 5.73 Å². The van der Waals surface area contributed by atoms with Crippen molar-refractivity contribution in [2.24, 2.45) is 5.73 Å². The molecule has 1 aromatic rings. The molecular weight excluding hydrogens is 168 g/mol. The lowest BCUT2D eigenvalue weighted by Gasteiger charge is -2.02. The van der Waals surface area contributed by atoms with Crippen LogP contribution in [0.2, 0.25) is 0 Å². The lowest BCUT2D eigenvalue weighted by atomic mass is 10.2. The van der Waals surface area contributed by atoms with E-state index in [0.717, 1.165) is 0 Å². The van der Waals surface area contributed by atoms with E-state index >= 15 is 0 Å². The van der Waals surface area contributed by atoms with E-state index in [0.29, 0.717) is 24.4 Å². The Morgan fingerprint density at radius 2 is 2.46 bits per heavy atom. The van der Waals surface area contributed by atoms with Crippen molar-refractivity contribution in [2.75, 3.05) is 6.61 Å². The molecule has 0 bridgehead atoms. The molecule has 0 aliphatic heterocycles. The topological polar surface area (TPSA) is 65.2 Å². The van der Waals surface area contributed by atoms with E-state index in [9.17, 15) is 4.79 Å². The second-order valence-electron chi connectivity index (χ2n) is 2.46. The maximum atomic E-state index is 11.2. The van der Waals surface area contributed by atoms with Crippen molar-refractivity contribution in [2.45, 2.75) is 13.5 Å². The molecule has 70 valence electrons. The van der Waals surface area contributed by atoms with Crippen molar-refractivity contribution < 1.29 is 9.53 Å². The fraction of sp³-hybridized carbons (Fsp3) is 0.333. The Hall–Kier alpha value is -1.42. The highest BCUT2D eigenvalue weighted by Crippen LogP contribution is 2.03. The van der Waals surface area contributed by atoms with Crippen LogP contribution in [0, 0.1) is 0 Å². The number of carbonyl (C=O) groups is 1. The van der Waals surface area contributed by atoms with E-state index in [1.54, 1.807) is 25.3 Å². The molecule has 0 radical (unpaired) electrons. The molecule has 0 saturated carbocycles. The number of aromatic nitrogens is 1. The Kier molecular flexibility index (Phi) is 3.40. The normalized spacial score (nSPS) is 9.69. The van der Waals surface area contributed by atoms with Crippen molar-refractivity contribution in [1.29, 1.82) is 0 Å². The van der Waals surface area contributed by atoms with Crippen molar-refractivity contribution >= 4 is 5.97 Å². The summed E-state index contributed by atoms with van der Waals surface area (Å²) in [5.41, 5.74) is 6.56. The minimum Gasteiger partial charge on any atom is -0.462 e. The summed E-state index contributed by atoms with van der Waals surface area (Å²) in [5.74, 6) is -0.334. The van der Waals surface area contributed by atoms with Crippen molar-refractivity contribution in [3.05, 3.63) is 29.6 Å². The highest BCUT2D eigenvalue weighted by molar-refractivity contribution is 5.89. The number of nitrogens with zero attached hydrogens (tertiary/aromatic N) is 1. The molecule has 0 aliphatic rings. The van der Waals surface area contributed by atoms with E-state index in [1.165, 1.54) is 0 Å². The number of hydrogen-bond acceptors (Lipinski definition) is 4. The first-order chi connectivity index (χ1) is 6.27. The second-order valence-corrected chi connectivity index (χ2v) is 2.46. The first-order valence-corrected chi connectivity index (χ1v) is 4.10. The summed E-state index contributed by atoms with van der Waals surface area (Å²) in [7, 11) is 0. The zero-order valence-electron chi connectivity index (χ0n) is 7.49. The van der Waals surface area contributed by atoms with E-state index in [2.05, 4.69) is 4.98 Å². The van der Waals surface area contributed by atoms with Gasteiger partial charge in [-0.3, -0.25) is 4.98 Å². The lowest BCUT2D eigenvalue weighted by Crippen LogP contribution is -2.07. The highest BCUT2D eigenvalue weighted by Gasteiger charge is 2.06. The quantitative estimate of drug-likeness (QED) is 0.696. The van der Waals surface area contributed by atoms with Crippen LogP contribution in [0.4, 0.5) is 0 Å². The van der Waals surface area contributed by atoms with Crippen LogP contribution in [0.15, 0.2) is 18.3 Å². The van der Waals surface area contributed by atoms with Gasteiger partial charge in [-0.15, -0.1) is 0 Å². The summed E-state index contributed by atoms with van der Waals surface area (Å²) in [6.45, 7) is 2.47. The Balaban J connectivity index is 2.82. The maximum absolute atomic E-state index is 11.2. The van der Waals surface area contributed by atoms with E-state index < -0.39 is 0 Å². The third-order valence-electron chi connectivity index (χ3n) is 1.54. The van der Waals surface area contributed by atoms with Gasteiger partial charge in [0.1, 0.15) is 0 Å². The Morgan fingerprint density at radius 1 is 1.69 bits per heavy atom. The highest BCUT2D eigenvalue weighted by atomic mass is 16.5. The molecule has 0 saturated heterocycles.